The molecule has 140 valence electrons. The predicted octanol–water partition coefficient (Wildman–Crippen LogP) is 1.71. The summed E-state index contributed by atoms with van der Waals surface area (Å²) in [7, 11) is 0. The van der Waals surface area contributed by atoms with Gasteiger partial charge in [-0.2, -0.15) is 13.2 Å². The number of aromatic nitrogens is 2. The quantitative estimate of drug-likeness (QED) is 0.709. The van der Waals surface area contributed by atoms with Crippen LogP contribution < -0.4 is 5.32 Å². The lowest BCUT2D eigenvalue weighted by Crippen LogP contribution is -2.41. The minimum absolute atomic E-state index is 0.0815. The number of aliphatic carboxylic acids is 2. The normalized spacial score (nSPS) is 12.8. The maximum absolute atomic E-state index is 12.9. The highest BCUT2D eigenvalue weighted by molar-refractivity contribution is 5.97. The molecule has 1 amide bonds. The molecule has 0 radical (unpaired) electrons. The fourth-order valence-corrected chi connectivity index (χ4v) is 2.36. The molecule has 2 aromatic heterocycles. The molecule has 3 N–H and O–H groups in total. The zero-order valence-electron chi connectivity index (χ0n) is 13.4. The van der Waals surface area contributed by atoms with E-state index in [4.69, 9.17) is 10.2 Å². The van der Waals surface area contributed by atoms with Crippen LogP contribution >= 0.6 is 0 Å². The molecule has 1 atom stereocenters. The first-order valence-corrected chi connectivity index (χ1v) is 7.32. The molecule has 26 heavy (non-hydrogen) atoms. The Hall–Kier alpha value is -3.11. The second-order valence-corrected chi connectivity index (χ2v) is 5.49. The zero-order valence-corrected chi connectivity index (χ0v) is 13.4. The van der Waals surface area contributed by atoms with E-state index in [1.807, 2.05) is 0 Å². The van der Waals surface area contributed by atoms with E-state index < -0.39 is 42.0 Å². The molecule has 8 nitrogen and oxygen atoms in total. The van der Waals surface area contributed by atoms with Gasteiger partial charge in [0.25, 0.3) is 5.91 Å². The van der Waals surface area contributed by atoms with E-state index in [2.05, 4.69) is 10.3 Å². The number of hydrogen-bond donors (Lipinski definition) is 3. The molecule has 0 saturated heterocycles. The van der Waals surface area contributed by atoms with Crippen molar-refractivity contribution in [1.82, 2.24) is 14.7 Å². The third-order valence-electron chi connectivity index (χ3n) is 3.59. The van der Waals surface area contributed by atoms with E-state index in [9.17, 15) is 27.6 Å². The summed E-state index contributed by atoms with van der Waals surface area (Å²) < 4.78 is 39.6. The average molecular weight is 373 g/mol. The topological polar surface area (TPSA) is 121 Å². The Labute approximate surface area is 144 Å². The summed E-state index contributed by atoms with van der Waals surface area (Å²) in [6.07, 6.45) is -4.82. The van der Waals surface area contributed by atoms with Crippen LogP contribution in [0.2, 0.25) is 0 Å². The molecular formula is C15H14F3N3O5. The first kappa shape index (κ1) is 19.2. The summed E-state index contributed by atoms with van der Waals surface area (Å²) >= 11 is 0. The monoisotopic (exact) mass is 373 g/mol. The minimum atomic E-state index is -4.63. The third-order valence-corrected chi connectivity index (χ3v) is 3.59. The maximum atomic E-state index is 12.9. The molecule has 0 aromatic carbocycles. The van der Waals surface area contributed by atoms with E-state index in [1.165, 1.54) is 6.92 Å². The maximum Gasteiger partial charge on any atom is 0.417 e. The van der Waals surface area contributed by atoms with Gasteiger partial charge in [-0.1, -0.05) is 0 Å². The average Bonchev–Trinajstić information content (AvgIpc) is 2.84. The predicted molar refractivity (Wildman–Crippen MR) is 80.7 cm³/mol. The largest absolute Gasteiger partial charge is 0.481 e. The first-order chi connectivity index (χ1) is 12.0. The Morgan fingerprint density at radius 3 is 2.46 bits per heavy atom. The lowest BCUT2D eigenvalue weighted by atomic mass is 10.1. The molecular weight excluding hydrogens is 359 g/mol. The number of hydrogen-bond acceptors (Lipinski definition) is 4. The van der Waals surface area contributed by atoms with E-state index in [0.717, 1.165) is 16.5 Å². The number of rotatable bonds is 6. The van der Waals surface area contributed by atoms with Gasteiger partial charge in [-0.3, -0.25) is 14.0 Å². The van der Waals surface area contributed by atoms with Crippen LogP contribution in [0.1, 0.15) is 34.6 Å². The Balaban J connectivity index is 2.38. The molecule has 0 aliphatic rings. The molecule has 0 aliphatic heterocycles. The molecule has 0 aliphatic carbocycles. The fraction of sp³-hybridized carbons (Fsp3) is 0.333. The third kappa shape index (κ3) is 4.10. The smallest absolute Gasteiger partial charge is 0.417 e. The molecule has 2 rings (SSSR count). The number of amides is 1. The van der Waals surface area contributed by atoms with Gasteiger partial charge >= 0.3 is 18.1 Å². The molecule has 2 aromatic rings. The second-order valence-electron chi connectivity index (χ2n) is 5.49. The van der Waals surface area contributed by atoms with Crippen LogP contribution in [-0.4, -0.2) is 43.5 Å². The van der Waals surface area contributed by atoms with E-state index in [0.29, 0.717) is 6.20 Å². The number of fused-ring (bicyclic) bond motifs is 1. The molecule has 0 saturated carbocycles. The number of alkyl halides is 3. The van der Waals surface area contributed by atoms with Crippen LogP contribution in [-0.2, 0) is 15.8 Å². The number of nitrogens with zero attached hydrogens (tertiary/aromatic N) is 2. The molecule has 0 spiro atoms. The summed E-state index contributed by atoms with van der Waals surface area (Å²) in [5, 5.41) is 19.8. The van der Waals surface area contributed by atoms with Gasteiger partial charge in [-0.05, 0) is 25.5 Å². The lowest BCUT2D eigenvalue weighted by molar-refractivity contribution is -0.141. The van der Waals surface area contributed by atoms with E-state index in [1.54, 1.807) is 0 Å². The van der Waals surface area contributed by atoms with E-state index in [-0.39, 0.29) is 23.5 Å². The highest BCUT2D eigenvalue weighted by Crippen LogP contribution is 2.29. The van der Waals surface area contributed by atoms with Crippen LogP contribution in [0.25, 0.3) is 5.65 Å². The number of carbonyl (C=O) groups excluding carboxylic acids is 1. The Morgan fingerprint density at radius 1 is 1.27 bits per heavy atom. The molecule has 11 heteroatoms. The molecule has 2 heterocycles. The van der Waals surface area contributed by atoms with Crippen LogP contribution in [0.15, 0.2) is 18.3 Å². The van der Waals surface area contributed by atoms with Gasteiger partial charge in [0.05, 0.1) is 11.3 Å². The summed E-state index contributed by atoms with van der Waals surface area (Å²) in [5.74, 6) is -3.67. The van der Waals surface area contributed by atoms with Crippen molar-refractivity contribution < 1.29 is 37.8 Å². The van der Waals surface area contributed by atoms with Crippen molar-refractivity contribution in [3.63, 3.8) is 0 Å². The van der Waals surface area contributed by atoms with Gasteiger partial charge in [-0.15, -0.1) is 0 Å². The fourth-order valence-electron chi connectivity index (χ4n) is 2.36. The van der Waals surface area contributed by atoms with Gasteiger partial charge in [0.1, 0.15) is 17.4 Å². The van der Waals surface area contributed by atoms with Crippen molar-refractivity contribution in [2.75, 3.05) is 0 Å². The SMILES string of the molecule is Cc1nc2ccc(C(F)(F)F)cn2c1C(=O)NC(CCC(=O)O)C(=O)O. The standard InChI is InChI=1S/C15H14F3N3O5/c1-7-12(13(24)20-9(14(25)26)3-5-11(22)23)21-6-8(15(16,17)18)2-4-10(21)19-7/h2,4,6,9H,3,5H2,1H3,(H,20,24)(H,22,23)(H,25,26). The number of imidazole rings is 1. The Kier molecular flexibility index (Phi) is 5.19. The van der Waals surface area contributed by atoms with Gasteiger partial charge in [0.15, 0.2) is 0 Å². The second kappa shape index (κ2) is 7.02. The van der Waals surface area contributed by atoms with Crippen molar-refractivity contribution in [3.8, 4) is 0 Å². The molecule has 0 bridgehead atoms. The Morgan fingerprint density at radius 2 is 1.92 bits per heavy atom. The van der Waals surface area contributed by atoms with Crippen LogP contribution in [0.5, 0.6) is 0 Å². The van der Waals surface area contributed by atoms with Crippen molar-refractivity contribution in [1.29, 1.82) is 0 Å². The van der Waals surface area contributed by atoms with Crippen molar-refractivity contribution in [2.24, 2.45) is 0 Å². The number of carbonyl (C=O) groups is 3. The van der Waals surface area contributed by atoms with Gasteiger partial charge in [0, 0.05) is 12.6 Å². The number of aryl methyl sites for hydroxylation is 1. The van der Waals surface area contributed by atoms with Gasteiger partial charge in [0.2, 0.25) is 0 Å². The summed E-state index contributed by atoms with van der Waals surface area (Å²) in [4.78, 5) is 38.1. The van der Waals surface area contributed by atoms with Crippen LogP contribution in [0, 0.1) is 6.92 Å². The summed E-state index contributed by atoms with van der Waals surface area (Å²) in [6.45, 7) is 1.39. The lowest BCUT2D eigenvalue weighted by Gasteiger charge is -2.14. The van der Waals surface area contributed by atoms with Crippen molar-refractivity contribution in [3.05, 3.63) is 35.3 Å². The number of pyridine rings is 1. The molecule has 0 fully saturated rings. The number of carboxylic acids is 2. The van der Waals surface area contributed by atoms with Gasteiger partial charge in [-0.25, -0.2) is 9.78 Å². The number of nitrogens with one attached hydrogen (secondary N) is 1. The number of carboxylic acid groups (broad SMARTS) is 2. The highest BCUT2D eigenvalue weighted by Gasteiger charge is 2.32. The van der Waals surface area contributed by atoms with Crippen molar-refractivity contribution >= 4 is 23.5 Å². The molecule has 1 unspecified atom stereocenters. The number of halogens is 3. The first-order valence-electron chi connectivity index (χ1n) is 7.32. The van der Waals surface area contributed by atoms with Crippen molar-refractivity contribution in [2.45, 2.75) is 32.0 Å². The minimum Gasteiger partial charge on any atom is -0.481 e. The summed E-state index contributed by atoms with van der Waals surface area (Å²) in [5.41, 5.74) is -1.08. The Bertz CT molecular complexity index is 875. The zero-order chi connectivity index (χ0) is 19.6. The highest BCUT2D eigenvalue weighted by atomic mass is 19.4. The van der Waals surface area contributed by atoms with Crippen LogP contribution in [0.3, 0.4) is 0 Å². The van der Waals surface area contributed by atoms with E-state index >= 15 is 0 Å². The van der Waals surface area contributed by atoms with Crippen LogP contribution in [0.4, 0.5) is 13.2 Å². The van der Waals surface area contributed by atoms with Gasteiger partial charge < -0.3 is 15.5 Å². The summed E-state index contributed by atoms with van der Waals surface area (Å²) in [6, 6.07) is 0.400.